The molecular weight excluding hydrogens is 260 g/mol. The van der Waals surface area contributed by atoms with Gasteiger partial charge in [-0.15, -0.1) is 0 Å². The van der Waals surface area contributed by atoms with E-state index in [1.165, 1.54) is 12.8 Å². The number of methoxy groups -OCH3 is 1. The Morgan fingerprint density at radius 3 is 2.79 bits per heavy atom. The number of nitrogens with zero attached hydrogens (tertiary/aromatic N) is 2. The van der Waals surface area contributed by atoms with E-state index < -0.39 is 0 Å². The second-order valence-electron chi connectivity index (χ2n) is 5.04. The molecule has 0 aliphatic heterocycles. The van der Waals surface area contributed by atoms with Crippen LogP contribution in [0.4, 0.5) is 5.69 Å². The maximum Gasteiger partial charge on any atom is 0.0992 e. The van der Waals surface area contributed by atoms with E-state index in [4.69, 9.17) is 21.6 Å². The third kappa shape index (κ3) is 3.40. The minimum Gasteiger partial charge on any atom is -0.383 e. The van der Waals surface area contributed by atoms with Gasteiger partial charge in [0.2, 0.25) is 0 Å². The van der Waals surface area contributed by atoms with Crippen molar-refractivity contribution in [3.8, 4) is 6.07 Å². The van der Waals surface area contributed by atoms with Gasteiger partial charge in [-0.05, 0) is 43.9 Å². The Morgan fingerprint density at radius 2 is 2.26 bits per heavy atom. The van der Waals surface area contributed by atoms with Crippen molar-refractivity contribution < 1.29 is 4.74 Å². The van der Waals surface area contributed by atoms with Crippen LogP contribution in [0.3, 0.4) is 0 Å². The maximum absolute atomic E-state index is 8.90. The van der Waals surface area contributed by atoms with Crippen molar-refractivity contribution in [2.24, 2.45) is 5.92 Å². The molecule has 19 heavy (non-hydrogen) atoms. The van der Waals surface area contributed by atoms with Crippen molar-refractivity contribution in [3.63, 3.8) is 0 Å². The van der Waals surface area contributed by atoms with Crippen molar-refractivity contribution in [1.29, 1.82) is 5.26 Å². The molecule has 3 nitrogen and oxygen atoms in total. The molecule has 102 valence electrons. The van der Waals surface area contributed by atoms with Crippen LogP contribution in [0.1, 0.15) is 25.3 Å². The summed E-state index contributed by atoms with van der Waals surface area (Å²) in [4.78, 5) is 2.30. The van der Waals surface area contributed by atoms with Gasteiger partial charge in [0.1, 0.15) is 0 Å². The highest BCUT2D eigenvalue weighted by molar-refractivity contribution is 6.33. The largest absolute Gasteiger partial charge is 0.383 e. The van der Waals surface area contributed by atoms with E-state index >= 15 is 0 Å². The summed E-state index contributed by atoms with van der Waals surface area (Å²) in [5.41, 5.74) is 1.59. The summed E-state index contributed by atoms with van der Waals surface area (Å²) in [6, 6.07) is 8.07. The van der Waals surface area contributed by atoms with Gasteiger partial charge >= 0.3 is 0 Å². The van der Waals surface area contributed by atoms with Crippen LogP contribution < -0.4 is 4.90 Å². The zero-order valence-electron chi connectivity index (χ0n) is 11.4. The lowest BCUT2D eigenvalue weighted by atomic mass is 10.1. The van der Waals surface area contributed by atoms with Crippen molar-refractivity contribution in [2.45, 2.75) is 25.8 Å². The maximum atomic E-state index is 8.90. The van der Waals surface area contributed by atoms with Crippen LogP contribution in [0.2, 0.25) is 5.02 Å². The Kier molecular flexibility index (Phi) is 4.68. The third-order valence-electron chi connectivity index (χ3n) is 3.72. The number of halogens is 1. The van der Waals surface area contributed by atoms with E-state index in [9.17, 15) is 0 Å². The summed E-state index contributed by atoms with van der Waals surface area (Å²) in [5.74, 6) is 0.753. The SMILES string of the molecule is COCCN(c1ccc(C#N)cc1Cl)C(C)C1CC1. The lowest BCUT2D eigenvalue weighted by Crippen LogP contribution is -2.37. The first-order valence-corrected chi connectivity index (χ1v) is 7.00. The van der Waals surface area contributed by atoms with Crippen LogP contribution in [-0.4, -0.2) is 26.3 Å². The van der Waals surface area contributed by atoms with Gasteiger partial charge in [0.15, 0.2) is 0 Å². The van der Waals surface area contributed by atoms with E-state index in [-0.39, 0.29) is 0 Å². The normalized spacial score (nSPS) is 15.9. The van der Waals surface area contributed by atoms with Gasteiger partial charge in [0, 0.05) is 19.7 Å². The van der Waals surface area contributed by atoms with Crippen molar-refractivity contribution in [1.82, 2.24) is 0 Å². The Labute approximate surface area is 119 Å². The zero-order chi connectivity index (χ0) is 13.8. The fourth-order valence-corrected chi connectivity index (χ4v) is 2.66. The summed E-state index contributed by atoms with van der Waals surface area (Å²) in [5, 5.41) is 9.54. The molecule has 1 fully saturated rings. The van der Waals surface area contributed by atoms with Gasteiger partial charge < -0.3 is 9.64 Å². The van der Waals surface area contributed by atoms with E-state index in [2.05, 4.69) is 17.9 Å². The molecule has 0 heterocycles. The molecule has 1 atom stereocenters. The Bertz CT molecular complexity index is 480. The van der Waals surface area contributed by atoms with Gasteiger partial charge in [-0.1, -0.05) is 11.6 Å². The topological polar surface area (TPSA) is 36.3 Å². The molecule has 1 unspecified atom stereocenters. The first-order valence-electron chi connectivity index (χ1n) is 6.62. The molecule has 0 spiro atoms. The monoisotopic (exact) mass is 278 g/mol. The number of benzene rings is 1. The molecule has 0 radical (unpaired) electrons. The standard InChI is InChI=1S/C15H19ClN2O/c1-11(13-4-5-13)18(7-8-19-2)15-6-3-12(10-17)9-14(15)16/h3,6,9,11,13H,4-5,7-8H2,1-2H3. The van der Waals surface area contributed by atoms with Crippen LogP contribution in [0.25, 0.3) is 0 Å². The lowest BCUT2D eigenvalue weighted by Gasteiger charge is -2.32. The summed E-state index contributed by atoms with van der Waals surface area (Å²) >= 11 is 6.32. The number of hydrogen-bond acceptors (Lipinski definition) is 3. The summed E-state index contributed by atoms with van der Waals surface area (Å²) in [6.45, 7) is 3.73. The molecule has 1 saturated carbocycles. The number of hydrogen-bond donors (Lipinski definition) is 0. The average molecular weight is 279 g/mol. The lowest BCUT2D eigenvalue weighted by molar-refractivity contribution is 0.202. The van der Waals surface area contributed by atoms with Crippen LogP contribution >= 0.6 is 11.6 Å². The molecule has 0 amide bonds. The molecule has 0 N–H and O–H groups in total. The third-order valence-corrected chi connectivity index (χ3v) is 4.02. The number of nitriles is 1. The van der Waals surface area contributed by atoms with Crippen molar-refractivity contribution in [3.05, 3.63) is 28.8 Å². The highest BCUT2D eigenvalue weighted by atomic mass is 35.5. The Morgan fingerprint density at radius 1 is 1.53 bits per heavy atom. The number of rotatable bonds is 6. The molecule has 0 saturated heterocycles. The molecular formula is C15H19ClN2O. The minimum absolute atomic E-state index is 0.459. The molecule has 1 aliphatic carbocycles. The zero-order valence-corrected chi connectivity index (χ0v) is 12.2. The van der Waals surface area contributed by atoms with Crippen molar-refractivity contribution >= 4 is 17.3 Å². The number of ether oxygens (including phenoxy) is 1. The second kappa shape index (κ2) is 6.27. The smallest absolute Gasteiger partial charge is 0.0992 e. The van der Waals surface area contributed by atoms with Crippen LogP contribution in [-0.2, 0) is 4.74 Å². The molecule has 4 heteroatoms. The van der Waals surface area contributed by atoms with Gasteiger partial charge in [0.25, 0.3) is 0 Å². The van der Waals surface area contributed by atoms with E-state index in [1.54, 1.807) is 13.2 Å². The fraction of sp³-hybridized carbons (Fsp3) is 0.533. The molecule has 1 aliphatic rings. The summed E-state index contributed by atoms with van der Waals surface area (Å²) in [6.07, 6.45) is 2.58. The highest BCUT2D eigenvalue weighted by Gasteiger charge is 2.32. The van der Waals surface area contributed by atoms with Gasteiger partial charge in [0.05, 0.1) is 28.9 Å². The van der Waals surface area contributed by atoms with Gasteiger partial charge in [-0.2, -0.15) is 5.26 Å². The van der Waals surface area contributed by atoms with Crippen LogP contribution in [0.15, 0.2) is 18.2 Å². The van der Waals surface area contributed by atoms with E-state index in [1.807, 2.05) is 12.1 Å². The molecule has 0 bridgehead atoms. The van der Waals surface area contributed by atoms with Crippen LogP contribution in [0.5, 0.6) is 0 Å². The van der Waals surface area contributed by atoms with E-state index in [0.29, 0.717) is 23.2 Å². The van der Waals surface area contributed by atoms with Crippen molar-refractivity contribution in [2.75, 3.05) is 25.2 Å². The van der Waals surface area contributed by atoms with Gasteiger partial charge in [-0.25, -0.2) is 0 Å². The molecule has 1 aromatic rings. The first-order chi connectivity index (χ1) is 9.17. The van der Waals surface area contributed by atoms with Crippen LogP contribution in [0, 0.1) is 17.2 Å². The highest BCUT2D eigenvalue weighted by Crippen LogP contribution is 2.38. The predicted molar refractivity (Wildman–Crippen MR) is 77.6 cm³/mol. The molecule has 2 rings (SSSR count). The van der Waals surface area contributed by atoms with E-state index in [0.717, 1.165) is 18.2 Å². The summed E-state index contributed by atoms with van der Waals surface area (Å²) in [7, 11) is 1.71. The molecule has 0 aromatic heterocycles. The molecule has 1 aromatic carbocycles. The quantitative estimate of drug-likeness (QED) is 0.799. The Hall–Kier alpha value is -1.24. The summed E-state index contributed by atoms with van der Waals surface area (Å²) < 4.78 is 5.19. The number of anilines is 1. The average Bonchev–Trinajstić information content (AvgIpc) is 3.24. The van der Waals surface area contributed by atoms with Gasteiger partial charge in [-0.3, -0.25) is 0 Å². The first kappa shape index (κ1) is 14.2. The second-order valence-corrected chi connectivity index (χ2v) is 5.45. The Balaban J connectivity index is 2.23. The minimum atomic E-state index is 0.459. The predicted octanol–water partition coefficient (Wildman–Crippen LogP) is 3.46. The fourth-order valence-electron chi connectivity index (χ4n) is 2.38.